The van der Waals surface area contributed by atoms with E-state index in [2.05, 4.69) is 4.98 Å². The normalized spacial score (nSPS) is 11.3. The van der Waals surface area contributed by atoms with Crippen molar-refractivity contribution in [2.45, 2.75) is 18.4 Å². The van der Waals surface area contributed by atoms with Gasteiger partial charge >= 0.3 is 0 Å². The van der Waals surface area contributed by atoms with Gasteiger partial charge in [0.05, 0.1) is 5.02 Å². The van der Waals surface area contributed by atoms with E-state index in [9.17, 15) is 8.42 Å². The second kappa shape index (κ2) is 8.13. The van der Waals surface area contributed by atoms with Crippen LogP contribution in [0.1, 0.15) is 12.5 Å². The SMILES string of the molecule is CCN(Cc1ccncc1)S(=O)(=O)c1cc(Cl)ccc1Cl.Cl. The van der Waals surface area contributed by atoms with Gasteiger partial charge in [0.25, 0.3) is 0 Å². The van der Waals surface area contributed by atoms with Crippen molar-refractivity contribution in [2.24, 2.45) is 0 Å². The van der Waals surface area contributed by atoms with E-state index in [4.69, 9.17) is 23.2 Å². The molecule has 2 rings (SSSR count). The number of aromatic nitrogens is 1. The molecule has 0 fully saturated rings. The Morgan fingerprint density at radius 3 is 2.36 bits per heavy atom. The minimum Gasteiger partial charge on any atom is -0.265 e. The molecule has 0 amide bonds. The molecule has 0 saturated heterocycles. The van der Waals surface area contributed by atoms with Crippen LogP contribution in [-0.2, 0) is 16.6 Å². The molecular formula is C14H15Cl3N2O2S. The van der Waals surface area contributed by atoms with Crippen molar-refractivity contribution in [3.8, 4) is 0 Å². The maximum Gasteiger partial charge on any atom is 0.244 e. The summed E-state index contributed by atoms with van der Waals surface area (Å²) in [6.45, 7) is 2.36. The third kappa shape index (κ3) is 4.33. The average Bonchev–Trinajstić information content (AvgIpc) is 2.48. The monoisotopic (exact) mass is 380 g/mol. The van der Waals surface area contributed by atoms with E-state index in [1.54, 1.807) is 37.5 Å². The Morgan fingerprint density at radius 2 is 1.77 bits per heavy atom. The molecule has 2 aromatic rings. The summed E-state index contributed by atoms with van der Waals surface area (Å²) in [6, 6.07) is 7.96. The van der Waals surface area contributed by atoms with Crippen LogP contribution in [0.2, 0.25) is 10.0 Å². The topological polar surface area (TPSA) is 50.3 Å². The van der Waals surface area contributed by atoms with Crippen LogP contribution in [0.4, 0.5) is 0 Å². The molecule has 0 radical (unpaired) electrons. The van der Waals surface area contributed by atoms with Crippen LogP contribution in [0.25, 0.3) is 0 Å². The minimum atomic E-state index is -3.71. The predicted molar refractivity (Wildman–Crippen MR) is 91.2 cm³/mol. The first-order valence-electron chi connectivity index (χ1n) is 6.29. The first kappa shape index (κ1) is 19.2. The molecule has 120 valence electrons. The number of nitrogens with zero attached hydrogens (tertiary/aromatic N) is 2. The quantitative estimate of drug-likeness (QED) is 0.786. The van der Waals surface area contributed by atoms with E-state index in [1.807, 2.05) is 0 Å². The van der Waals surface area contributed by atoms with Gasteiger partial charge in [0.15, 0.2) is 0 Å². The summed E-state index contributed by atoms with van der Waals surface area (Å²) in [7, 11) is -3.71. The van der Waals surface area contributed by atoms with E-state index in [0.717, 1.165) is 5.56 Å². The Morgan fingerprint density at radius 1 is 1.14 bits per heavy atom. The molecule has 0 bridgehead atoms. The van der Waals surface area contributed by atoms with Crippen LogP contribution in [0.3, 0.4) is 0 Å². The van der Waals surface area contributed by atoms with Gasteiger partial charge in [0, 0.05) is 30.5 Å². The highest BCUT2D eigenvalue weighted by atomic mass is 35.5. The molecular weight excluding hydrogens is 367 g/mol. The van der Waals surface area contributed by atoms with Crippen LogP contribution in [0, 0.1) is 0 Å². The van der Waals surface area contributed by atoms with Gasteiger partial charge in [-0.25, -0.2) is 8.42 Å². The van der Waals surface area contributed by atoms with Crippen molar-refractivity contribution in [1.29, 1.82) is 0 Å². The average molecular weight is 382 g/mol. The van der Waals surface area contributed by atoms with Gasteiger partial charge in [0.2, 0.25) is 10.0 Å². The van der Waals surface area contributed by atoms with Crippen LogP contribution in [0.15, 0.2) is 47.6 Å². The highest BCUT2D eigenvalue weighted by Gasteiger charge is 2.26. The molecule has 0 saturated carbocycles. The molecule has 1 heterocycles. The summed E-state index contributed by atoms with van der Waals surface area (Å²) in [5.41, 5.74) is 0.855. The third-order valence-corrected chi connectivity index (χ3v) is 5.61. The van der Waals surface area contributed by atoms with Crippen LogP contribution in [0.5, 0.6) is 0 Å². The van der Waals surface area contributed by atoms with Gasteiger partial charge in [-0.3, -0.25) is 4.98 Å². The standard InChI is InChI=1S/C14H14Cl2N2O2S.ClH/c1-2-18(10-11-5-7-17-8-6-11)21(19,20)14-9-12(15)3-4-13(14)16;/h3-9H,2,10H2,1H3;1H. The van der Waals surface area contributed by atoms with Gasteiger partial charge in [0.1, 0.15) is 4.90 Å². The fraction of sp³-hybridized carbons (Fsp3) is 0.214. The zero-order valence-electron chi connectivity index (χ0n) is 11.7. The first-order valence-corrected chi connectivity index (χ1v) is 8.49. The van der Waals surface area contributed by atoms with Crippen LogP contribution < -0.4 is 0 Å². The third-order valence-electron chi connectivity index (χ3n) is 2.97. The Hall–Kier alpha value is -0.850. The molecule has 0 aliphatic rings. The van der Waals surface area contributed by atoms with E-state index in [1.165, 1.54) is 16.4 Å². The van der Waals surface area contributed by atoms with Gasteiger partial charge in [-0.05, 0) is 35.9 Å². The molecule has 4 nitrogen and oxygen atoms in total. The van der Waals surface area contributed by atoms with Crippen molar-refractivity contribution in [3.63, 3.8) is 0 Å². The summed E-state index contributed by atoms with van der Waals surface area (Å²) in [4.78, 5) is 3.94. The van der Waals surface area contributed by atoms with Crippen molar-refractivity contribution >= 4 is 45.6 Å². The molecule has 0 spiro atoms. The Labute approximate surface area is 146 Å². The zero-order valence-corrected chi connectivity index (χ0v) is 14.9. The van der Waals surface area contributed by atoms with E-state index >= 15 is 0 Å². The molecule has 22 heavy (non-hydrogen) atoms. The maximum absolute atomic E-state index is 12.7. The Balaban J connectivity index is 0.00000242. The lowest BCUT2D eigenvalue weighted by Gasteiger charge is -2.21. The van der Waals surface area contributed by atoms with E-state index in [-0.39, 0.29) is 28.9 Å². The molecule has 0 atom stereocenters. The summed E-state index contributed by atoms with van der Waals surface area (Å²) in [6.07, 6.45) is 3.25. The highest BCUT2D eigenvalue weighted by Crippen LogP contribution is 2.28. The zero-order chi connectivity index (χ0) is 15.5. The fourth-order valence-corrected chi connectivity index (χ4v) is 4.05. The Bertz CT molecular complexity index is 724. The van der Waals surface area contributed by atoms with Crippen molar-refractivity contribution in [3.05, 3.63) is 58.3 Å². The number of pyridine rings is 1. The first-order chi connectivity index (χ1) is 9.95. The van der Waals surface area contributed by atoms with Gasteiger partial charge in [-0.2, -0.15) is 4.31 Å². The minimum absolute atomic E-state index is 0. The summed E-state index contributed by atoms with van der Waals surface area (Å²) >= 11 is 11.9. The number of halogens is 3. The van der Waals surface area contributed by atoms with Crippen molar-refractivity contribution in [2.75, 3.05) is 6.54 Å². The second-order valence-electron chi connectivity index (χ2n) is 4.36. The van der Waals surface area contributed by atoms with E-state index < -0.39 is 10.0 Å². The number of rotatable bonds is 5. The molecule has 0 unspecified atom stereocenters. The van der Waals surface area contributed by atoms with Crippen LogP contribution >= 0.6 is 35.6 Å². The summed E-state index contributed by atoms with van der Waals surface area (Å²) < 4.78 is 26.8. The number of benzene rings is 1. The number of sulfonamides is 1. The number of hydrogen-bond donors (Lipinski definition) is 0. The molecule has 0 aliphatic carbocycles. The second-order valence-corrected chi connectivity index (χ2v) is 7.11. The molecule has 0 N–H and O–H groups in total. The molecule has 1 aromatic heterocycles. The lowest BCUT2D eigenvalue weighted by Crippen LogP contribution is -2.30. The maximum atomic E-state index is 12.7. The molecule has 0 aliphatic heterocycles. The number of hydrogen-bond acceptors (Lipinski definition) is 3. The summed E-state index contributed by atoms with van der Waals surface area (Å²) in [5.74, 6) is 0. The van der Waals surface area contributed by atoms with Gasteiger partial charge < -0.3 is 0 Å². The highest BCUT2D eigenvalue weighted by molar-refractivity contribution is 7.89. The molecule has 8 heteroatoms. The van der Waals surface area contributed by atoms with Crippen LogP contribution in [-0.4, -0.2) is 24.3 Å². The van der Waals surface area contributed by atoms with Gasteiger partial charge in [-0.15, -0.1) is 12.4 Å². The van der Waals surface area contributed by atoms with Crippen molar-refractivity contribution < 1.29 is 8.42 Å². The lowest BCUT2D eigenvalue weighted by atomic mass is 10.3. The summed E-state index contributed by atoms with van der Waals surface area (Å²) in [5, 5.41) is 0.491. The predicted octanol–water partition coefficient (Wildman–Crippen LogP) is 4.02. The lowest BCUT2D eigenvalue weighted by molar-refractivity contribution is 0.423. The van der Waals surface area contributed by atoms with Crippen molar-refractivity contribution in [1.82, 2.24) is 9.29 Å². The molecule has 1 aromatic carbocycles. The smallest absolute Gasteiger partial charge is 0.244 e. The Kier molecular flexibility index (Phi) is 7.09. The fourth-order valence-electron chi connectivity index (χ4n) is 1.87. The largest absolute Gasteiger partial charge is 0.265 e. The van der Waals surface area contributed by atoms with E-state index in [0.29, 0.717) is 11.6 Å². The van der Waals surface area contributed by atoms with Gasteiger partial charge in [-0.1, -0.05) is 30.1 Å².